The van der Waals surface area contributed by atoms with Crippen molar-refractivity contribution in [2.45, 2.75) is 39.8 Å². The fourth-order valence-electron chi connectivity index (χ4n) is 1.57. The van der Waals surface area contributed by atoms with E-state index in [1.807, 2.05) is 0 Å². The van der Waals surface area contributed by atoms with Crippen molar-refractivity contribution < 1.29 is 14.3 Å². The van der Waals surface area contributed by atoms with Gasteiger partial charge in [0.25, 0.3) is 0 Å². The van der Waals surface area contributed by atoms with Gasteiger partial charge in [0.1, 0.15) is 0 Å². The summed E-state index contributed by atoms with van der Waals surface area (Å²) in [6.45, 7) is 6.13. The summed E-state index contributed by atoms with van der Waals surface area (Å²) in [5, 5.41) is 7.74. The van der Waals surface area contributed by atoms with Crippen molar-refractivity contribution in [3.8, 4) is 0 Å². The molecule has 0 aromatic carbocycles. The second kappa shape index (κ2) is 8.60. The highest BCUT2D eigenvalue weighted by atomic mass is 16.5. The lowest BCUT2D eigenvalue weighted by Crippen LogP contribution is -2.16. The summed E-state index contributed by atoms with van der Waals surface area (Å²) in [6.07, 6.45) is 2.14. The lowest BCUT2D eigenvalue weighted by Gasteiger charge is -2.06. The van der Waals surface area contributed by atoms with Gasteiger partial charge in [-0.2, -0.15) is 0 Å². The first-order valence-corrected chi connectivity index (χ1v) is 6.61. The van der Waals surface area contributed by atoms with Gasteiger partial charge in [-0.15, -0.1) is 5.10 Å². The van der Waals surface area contributed by atoms with Crippen molar-refractivity contribution in [2.75, 3.05) is 19.8 Å². The minimum Gasteiger partial charge on any atom is -0.461 e. The minimum atomic E-state index is -0.485. The van der Waals surface area contributed by atoms with Crippen LogP contribution < -0.4 is 5.73 Å². The Morgan fingerprint density at radius 1 is 1.37 bits per heavy atom. The molecule has 0 aliphatic carbocycles. The van der Waals surface area contributed by atoms with Crippen LogP contribution in [0.4, 0.5) is 0 Å². The van der Waals surface area contributed by atoms with Gasteiger partial charge in [0, 0.05) is 13.2 Å². The Labute approximate surface area is 113 Å². The molecule has 0 aliphatic heterocycles. The average molecular weight is 270 g/mol. The van der Waals surface area contributed by atoms with E-state index in [-0.39, 0.29) is 12.2 Å². The second-order valence-corrected chi connectivity index (χ2v) is 4.00. The molecule has 0 saturated heterocycles. The van der Waals surface area contributed by atoms with Gasteiger partial charge >= 0.3 is 5.97 Å². The van der Waals surface area contributed by atoms with E-state index in [2.05, 4.69) is 17.2 Å². The Bertz CT molecular complexity index is 392. The van der Waals surface area contributed by atoms with Crippen molar-refractivity contribution in [2.24, 2.45) is 5.73 Å². The summed E-state index contributed by atoms with van der Waals surface area (Å²) in [6, 6.07) is 0. The molecule has 1 aromatic heterocycles. The lowest BCUT2D eigenvalue weighted by atomic mass is 10.3. The summed E-state index contributed by atoms with van der Waals surface area (Å²) in [5.74, 6) is -0.485. The van der Waals surface area contributed by atoms with Crippen LogP contribution in [0.15, 0.2) is 0 Å². The fraction of sp³-hybridized carbons (Fsp3) is 0.750. The Morgan fingerprint density at radius 2 is 2.16 bits per heavy atom. The lowest BCUT2D eigenvalue weighted by molar-refractivity contribution is 0.0517. The van der Waals surface area contributed by atoms with Crippen molar-refractivity contribution in [1.82, 2.24) is 15.0 Å². The van der Waals surface area contributed by atoms with Crippen molar-refractivity contribution in [3.63, 3.8) is 0 Å². The average Bonchev–Trinajstić information content (AvgIpc) is 2.81. The molecule has 0 aliphatic rings. The number of hydrogen-bond donors (Lipinski definition) is 1. The number of nitrogens with zero attached hydrogens (tertiary/aromatic N) is 3. The smallest absolute Gasteiger partial charge is 0.360 e. The van der Waals surface area contributed by atoms with E-state index in [1.54, 1.807) is 11.6 Å². The SMILES string of the molecule is CCCCOCCn1nnc(C(=O)OCC)c1CN. The van der Waals surface area contributed by atoms with Crippen LogP contribution in [0.25, 0.3) is 0 Å². The summed E-state index contributed by atoms with van der Waals surface area (Å²) >= 11 is 0. The molecular formula is C12H22N4O3. The molecule has 108 valence electrons. The molecule has 2 N–H and O–H groups in total. The molecule has 1 rings (SSSR count). The van der Waals surface area contributed by atoms with Crippen LogP contribution in [0.5, 0.6) is 0 Å². The fourth-order valence-corrected chi connectivity index (χ4v) is 1.57. The van der Waals surface area contributed by atoms with E-state index in [0.29, 0.717) is 25.5 Å². The molecule has 7 heteroatoms. The van der Waals surface area contributed by atoms with Crippen molar-refractivity contribution in [3.05, 3.63) is 11.4 Å². The van der Waals surface area contributed by atoms with Crippen LogP contribution in [-0.2, 0) is 22.6 Å². The third-order valence-electron chi connectivity index (χ3n) is 2.59. The highest BCUT2D eigenvalue weighted by Gasteiger charge is 2.19. The van der Waals surface area contributed by atoms with Gasteiger partial charge in [-0.3, -0.25) is 0 Å². The molecule has 0 unspecified atom stereocenters. The number of aromatic nitrogens is 3. The van der Waals surface area contributed by atoms with E-state index < -0.39 is 5.97 Å². The standard InChI is InChI=1S/C12H22N4O3/c1-3-5-7-18-8-6-16-10(9-13)11(14-15-16)12(17)19-4-2/h3-9,13H2,1-2H3. The first-order chi connectivity index (χ1) is 9.24. The van der Waals surface area contributed by atoms with Crippen LogP contribution >= 0.6 is 0 Å². The van der Waals surface area contributed by atoms with Gasteiger partial charge in [-0.25, -0.2) is 9.48 Å². The molecule has 0 saturated carbocycles. The number of nitrogens with two attached hydrogens (primary N) is 1. The predicted octanol–water partition coefficient (Wildman–Crippen LogP) is 0.730. The number of esters is 1. The number of carbonyl (C=O) groups excluding carboxylic acids is 1. The normalized spacial score (nSPS) is 10.7. The number of ether oxygens (including phenoxy) is 2. The number of unbranched alkanes of at least 4 members (excludes halogenated alkanes) is 1. The molecule has 0 bridgehead atoms. The molecule has 19 heavy (non-hydrogen) atoms. The minimum absolute atomic E-state index is 0.191. The quantitative estimate of drug-likeness (QED) is 0.525. The van der Waals surface area contributed by atoms with E-state index >= 15 is 0 Å². The molecule has 1 aromatic rings. The molecule has 0 amide bonds. The van der Waals surface area contributed by atoms with E-state index in [4.69, 9.17) is 15.2 Å². The summed E-state index contributed by atoms with van der Waals surface area (Å²) in [7, 11) is 0. The zero-order valence-electron chi connectivity index (χ0n) is 11.6. The first kappa shape index (κ1) is 15.6. The van der Waals surface area contributed by atoms with Crippen LogP contribution in [0.2, 0.25) is 0 Å². The molecule has 7 nitrogen and oxygen atoms in total. The van der Waals surface area contributed by atoms with Gasteiger partial charge in [-0.05, 0) is 13.3 Å². The van der Waals surface area contributed by atoms with Crippen molar-refractivity contribution >= 4 is 5.97 Å². The summed E-state index contributed by atoms with van der Waals surface area (Å²) < 4.78 is 11.9. The van der Waals surface area contributed by atoms with Gasteiger partial charge in [0.2, 0.25) is 0 Å². The summed E-state index contributed by atoms with van der Waals surface area (Å²) in [4.78, 5) is 11.6. The van der Waals surface area contributed by atoms with E-state index in [1.165, 1.54) is 0 Å². The van der Waals surface area contributed by atoms with E-state index in [9.17, 15) is 4.79 Å². The Balaban J connectivity index is 2.56. The van der Waals surface area contributed by atoms with Crippen molar-refractivity contribution in [1.29, 1.82) is 0 Å². The number of hydrogen-bond acceptors (Lipinski definition) is 6. The van der Waals surface area contributed by atoms with Gasteiger partial charge in [-0.1, -0.05) is 18.6 Å². The van der Waals surface area contributed by atoms with Crippen LogP contribution in [0, 0.1) is 0 Å². The highest BCUT2D eigenvalue weighted by Crippen LogP contribution is 2.06. The van der Waals surface area contributed by atoms with E-state index in [0.717, 1.165) is 19.4 Å². The van der Waals surface area contributed by atoms with Gasteiger partial charge < -0.3 is 15.2 Å². The zero-order chi connectivity index (χ0) is 14.1. The summed E-state index contributed by atoms with van der Waals surface area (Å²) in [5.41, 5.74) is 6.41. The van der Waals surface area contributed by atoms with Gasteiger partial charge in [0.05, 0.1) is 25.5 Å². The maximum absolute atomic E-state index is 11.6. The molecular weight excluding hydrogens is 248 g/mol. The van der Waals surface area contributed by atoms with Crippen LogP contribution in [-0.4, -0.2) is 40.8 Å². The highest BCUT2D eigenvalue weighted by molar-refractivity contribution is 5.88. The number of rotatable bonds is 9. The largest absolute Gasteiger partial charge is 0.461 e. The maximum atomic E-state index is 11.6. The second-order valence-electron chi connectivity index (χ2n) is 4.00. The Morgan fingerprint density at radius 3 is 2.79 bits per heavy atom. The number of carbonyl (C=O) groups is 1. The van der Waals surface area contributed by atoms with Gasteiger partial charge in [0.15, 0.2) is 5.69 Å². The molecule has 0 fully saturated rings. The maximum Gasteiger partial charge on any atom is 0.360 e. The predicted molar refractivity (Wildman–Crippen MR) is 69.6 cm³/mol. The first-order valence-electron chi connectivity index (χ1n) is 6.61. The monoisotopic (exact) mass is 270 g/mol. The van der Waals surface area contributed by atoms with Crippen LogP contribution in [0.3, 0.4) is 0 Å². The molecule has 0 atom stereocenters. The third kappa shape index (κ3) is 4.60. The zero-order valence-corrected chi connectivity index (χ0v) is 11.6. The molecule has 0 radical (unpaired) electrons. The Kier molecular flexibility index (Phi) is 7.06. The van der Waals surface area contributed by atoms with Crippen LogP contribution in [0.1, 0.15) is 42.9 Å². The molecule has 1 heterocycles. The third-order valence-corrected chi connectivity index (χ3v) is 2.59. The topological polar surface area (TPSA) is 92.3 Å². The molecule has 0 spiro atoms. The Hall–Kier alpha value is -1.47.